The van der Waals surface area contributed by atoms with Gasteiger partial charge in [0, 0.05) is 13.0 Å². The molecule has 0 saturated heterocycles. The first-order valence-corrected chi connectivity index (χ1v) is 4.69. The summed E-state index contributed by atoms with van der Waals surface area (Å²) in [6, 6.07) is 0. The van der Waals surface area contributed by atoms with E-state index in [1.165, 1.54) is 0 Å². The fraction of sp³-hybridized carbons (Fsp3) is 0.800. The molecule has 0 saturated carbocycles. The minimum atomic E-state index is -0.469. The third kappa shape index (κ3) is 9.19. The van der Waals surface area contributed by atoms with Crippen LogP contribution in [0.5, 0.6) is 0 Å². The van der Waals surface area contributed by atoms with Crippen LogP contribution in [0, 0.1) is 0 Å². The lowest BCUT2D eigenvalue weighted by atomic mass is 10.2. The van der Waals surface area contributed by atoms with Crippen LogP contribution in [0.1, 0.15) is 33.6 Å². The van der Waals surface area contributed by atoms with Gasteiger partial charge in [0.15, 0.2) is 0 Å². The molecule has 0 rings (SSSR count). The molecule has 14 heavy (non-hydrogen) atoms. The largest absolute Gasteiger partial charge is 0.458 e. The van der Waals surface area contributed by atoms with E-state index in [2.05, 4.69) is 0 Å². The van der Waals surface area contributed by atoms with Crippen LogP contribution in [-0.2, 0) is 19.1 Å². The highest BCUT2D eigenvalue weighted by Gasteiger charge is 2.15. The van der Waals surface area contributed by atoms with Crippen LogP contribution in [0.2, 0.25) is 0 Å². The van der Waals surface area contributed by atoms with Crippen LogP contribution < -0.4 is 0 Å². The zero-order chi connectivity index (χ0) is 11.0. The molecule has 82 valence electrons. The van der Waals surface area contributed by atoms with E-state index in [9.17, 15) is 9.59 Å². The van der Waals surface area contributed by atoms with Crippen molar-refractivity contribution in [1.82, 2.24) is 0 Å². The highest BCUT2D eigenvalue weighted by Crippen LogP contribution is 2.06. The predicted octanol–water partition coefficient (Wildman–Crippen LogP) is 1.32. The van der Waals surface area contributed by atoms with E-state index in [4.69, 9.17) is 9.47 Å². The van der Waals surface area contributed by atoms with Crippen molar-refractivity contribution in [3.63, 3.8) is 0 Å². The Bertz CT molecular complexity index is 181. The number of rotatable bonds is 6. The SMILES string of the molecule is CC(C)(C)OC(=O)COCCCC=O. The van der Waals surface area contributed by atoms with Crippen LogP contribution in [0.25, 0.3) is 0 Å². The maximum absolute atomic E-state index is 11.1. The predicted molar refractivity (Wildman–Crippen MR) is 52.0 cm³/mol. The van der Waals surface area contributed by atoms with Gasteiger partial charge in [0.1, 0.15) is 18.5 Å². The average Bonchev–Trinajstić information content (AvgIpc) is 2.00. The number of carbonyl (C=O) groups is 2. The molecule has 0 aromatic rings. The Balaban J connectivity index is 3.41. The second-order valence-electron chi connectivity index (χ2n) is 3.95. The van der Waals surface area contributed by atoms with Gasteiger partial charge in [-0.3, -0.25) is 0 Å². The molecule has 4 heteroatoms. The number of hydrogen-bond donors (Lipinski definition) is 0. The highest BCUT2D eigenvalue weighted by molar-refractivity contribution is 5.71. The molecule has 0 atom stereocenters. The van der Waals surface area contributed by atoms with E-state index in [1.807, 2.05) is 0 Å². The van der Waals surface area contributed by atoms with Crippen molar-refractivity contribution in [1.29, 1.82) is 0 Å². The van der Waals surface area contributed by atoms with Crippen molar-refractivity contribution in [2.75, 3.05) is 13.2 Å². The maximum atomic E-state index is 11.1. The molecule has 0 aromatic carbocycles. The molecule has 0 amide bonds. The Kier molecular flexibility index (Phi) is 6.12. The zero-order valence-corrected chi connectivity index (χ0v) is 9.04. The highest BCUT2D eigenvalue weighted by atomic mass is 16.6. The van der Waals surface area contributed by atoms with Gasteiger partial charge in [-0.2, -0.15) is 0 Å². The van der Waals surface area contributed by atoms with Gasteiger partial charge in [-0.25, -0.2) is 4.79 Å². The molecule has 0 aliphatic rings. The molecule has 0 fully saturated rings. The van der Waals surface area contributed by atoms with Crippen molar-refractivity contribution in [3.8, 4) is 0 Å². The topological polar surface area (TPSA) is 52.6 Å². The molecule has 0 aromatic heterocycles. The van der Waals surface area contributed by atoms with E-state index < -0.39 is 5.60 Å². The standard InChI is InChI=1S/C10H18O4/c1-10(2,3)14-9(12)8-13-7-5-4-6-11/h6H,4-5,7-8H2,1-3H3. The number of esters is 1. The van der Waals surface area contributed by atoms with Crippen molar-refractivity contribution in [2.24, 2.45) is 0 Å². The Morgan fingerprint density at radius 3 is 2.50 bits per heavy atom. The van der Waals surface area contributed by atoms with E-state index >= 15 is 0 Å². The van der Waals surface area contributed by atoms with Crippen LogP contribution >= 0.6 is 0 Å². The van der Waals surface area contributed by atoms with Gasteiger partial charge in [0.25, 0.3) is 0 Å². The summed E-state index contributed by atoms with van der Waals surface area (Å²) in [7, 11) is 0. The minimum absolute atomic E-state index is 0.0455. The molecule has 0 unspecified atom stereocenters. The smallest absolute Gasteiger partial charge is 0.332 e. The van der Waals surface area contributed by atoms with Crippen molar-refractivity contribution < 1.29 is 19.1 Å². The second kappa shape index (κ2) is 6.54. The number of aldehydes is 1. The third-order valence-electron chi connectivity index (χ3n) is 1.25. The molecular weight excluding hydrogens is 184 g/mol. The Hall–Kier alpha value is -0.900. The number of carbonyl (C=O) groups excluding carboxylic acids is 2. The van der Waals surface area contributed by atoms with Gasteiger partial charge < -0.3 is 14.3 Å². The molecule has 0 spiro atoms. The summed E-state index contributed by atoms with van der Waals surface area (Å²) < 4.78 is 10.0. The lowest BCUT2D eigenvalue weighted by molar-refractivity contribution is -0.160. The van der Waals surface area contributed by atoms with Gasteiger partial charge in [0.2, 0.25) is 0 Å². The summed E-state index contributed by atoms with van der Waals surface area (Å²) in [5.74, 6) is -0.372. The fourth-order valence-corrected chi connectivity index (χ4v) is 0.795. The monoisotopic (exact) mass is 202 g/mol. The average molecular weight is 202 g/mol. The summed E-state index contributed by atoms with van der Waals surface area (Å²) in [5, 5.41) is 0. The van der Waals surface area contributed by atoms with Crippen LogP contribution in [-0.4, -0.2) is 31.1 Å². The quantitative estimate of drug-likeness (QED) is 0.370. The normalized spacial score (nSPS) is 11.1. The van der Waals surface area contributed by atoms with Crippen molar-refractivity contribution in [2.45, 2.75) is 39.2 Å². The zero-order valence-electron chi connectivity index (χ0n) is 9.04. The van der Waals surface area contributed by atoms with Gasteiger partial charge in [-0.05, 0) is 27.2 Å². The lowest BCUT2D eigenvalue weighted by Crippen LogP contribution is -2.26. The van der Waals surface area contributed by atoms with Gasteiger partial charge in [-0.15, -0.1) is 0 Å². The molecule has 0 aliphatic carbocycles. The van der Waals surface area contributed by atoms with E-state index in [-0.39, 0.29) is 12.6 Å². The first-order valence-electron chi connectivity index (χ1n) is 4.69. The summed E-state index contributed by atoms with van der Waals surface area (Å²) in [6.07, 6.45) is 1.94. The minimum Gasteiger partial charge on any atom is -0.458 e. The molecule has 0 bridgehead atoms. The van der Waals surface area contributed by atoms with Crippen LogP contribution in [0.3, 0.4) is 0 Å². The number of hydrogen-bond acceptors (Lipinski definition) is 4. The van der Waals surface area contributed by atoms with Crippen molar-refractivity contribution >= 4 is 12.3 Å². The van der Waals surface area contributed by atoms with Gasteiger partial charge >= 0.3 is 5.97 Å². The summed E-state index contributed by atoms with van der Waals surface area (Å²) >= 11 is 0. The molecular formula is C10H18O4. The number of unbranched alkanes of at least 4 members (excludes halogenated alkanes) is 1. The Morgan fingerprint density at radius 2 is 2.00 bits per heavy atom. The molecule has 0 heterocycles. The van der Waals surface area contributed by atoms with E-state index in [0.717, 1.165) is 6.29 Å². The van der Waals surface area contributed by atoms with Gasteiger partial charge in [-0.1, -0.05) is 0 Å². The Morgan fingerprint density at radius 1 is 1.36 bits per heavy atom. The molecule has 0 aliphatic heterocycles. The second-order valence-corrected chi connectivity index (χ2v) is 3.95. The van der Waals surface area contributed by atoms with E-state index in [0.29, 0.717) is 19.4 Å². The summed E-state index contributed by atoms with van der Waals surface area (Å²) in [6.45, 7) is 5.78. The third-order valence-corrected chi connectivity index (χ3v) is 1.25. The fourth-order valence-electron chi connectivity index (χ4n) is 0.795. The maximum Gasteiger partial charge on any atom is 0.332 e. The molecule has 4 nitrogen and oxygen atoms in total. The Labute approximate surface area is 84.6 Å². The number of ether oxygens (including phenoxy) is 2. The molecule has 0 radical (unpaired) electrons. The van der Waals surface area contributed by atoms with Crippen LogP contribution in [0.15, 0.2) is 0 Å². The summed E-state index contributed by atoms with van der Waals surface area (Å²) in [4.78, 5) is 21.0. The van der Waals surface area contributed by atoms with Crippen LogP contribution in [0.4, 0.5) is 0 Å². The van der Waals surface area contributed by atoms with Gasteiger partial charge in [0.05, 0.1) is 0 Å². The van der Waals surface area contributed by atoms with E-state index in [1.54, 1.807) is 20.8 Å². The first-order chi connectivity index (χ1) is 6.45. The first kappa shape index (κ1) is 13.1. The van der Waals surface area contributed by atoms with Crippen molar-refractivity contribution in [3.05, 3.63) is 0 Å². The lowest BCUT2D eigenvalue weighted by Gasteiger charge is -2.19. The summed E-state index contributed by atoms with van der Waals surface area (Å²) in [5.41, 5.74) is -0.469. The molecule has 0 N–H and O–H groups in total.